The number of ether oxygens (including phenoxy) is 2. The van der Waals surface area contributed by atoms with E-state index >= 15 is 0 Å². The summed E-state index contributed by atoms with van der Waals surface area (Å²) in [6, 6.07) is 27.6. The maximum atomic E-state index is 15.0. The number of hydrogen-bond donors (Lipinski definition) is 1. The molecule has 3 aliphatic heterocycles. The molecule has 4 atom stereocenters. The van der Waals surface area contributed by atoms with Crippen LogP contribution in [0.1, 0.15) is 38.8 Å². The van der Waals surface area contributed by atoms with Crippen LogP contribution in [0, 0.1) is 5.92 Å². The number of allylic oxidation sites excluding steroid dienone is 1. The van der Waals surface area contributed by atoms with Crippen molar-refractivity contribution in [2.24, 2.45) is 5.92 Å². The predicted octanol–water partition coefficient (Wildman–Crippen LogP) is 5.95. The molecule has 7 heteroatoms. The lowest BCUT2D eigenvalue weighted by molar-refractivity contribution is -0.121. The lowest BCUT2D eigenvalue weighted by Gasteiger charge is -2.39. The normalized spacial score (nSPS) is 23.1. The molecule has 0 saturated carbocycles. The summed E-state index contributed by atoms with van der Waals surface area (Å²) in [5, 5.41) is 3.08. The first-order valence-corrected chi connectivity index (χ1v) is 14.2. The Morgan fingerprint density at radius 3 is 2.12 bits per heavy atom. The van der Waals surface area contributed by atoms with Crippen molar-refractivity contribution in [1.82, 2.24) is 0 Å². The van der Waals surface area contributed by atoms with E-state index in [1.165, 1.54) is 0 Å². The molecule has 1 N–H and O–H groups in total. The van der Waals surface area contributed by atoms with Crippen molar-refractivity contribution in [3.05, 3.63) is 125 Å². The van der Waals surface area contributed by atoms with Gasteiger partial charge in [0.05, 0.1) is 26.2 Å². The van der Waals surface area contributed by atoms with E-state index in [-0.39, 0.29) is 17.5 Å². The monoisotopic (exact) mass is 570 g/mol. The third kappa shape index (κ3) is 3.77. The lowest BCUT2D eigenvalue weighted by atomic mass is 9.64. The number of benzene rings is 4. The van der Waals surface area contributed by atoms with E-state index in [1.807, 2.05) is 60.4 Å². The summed E-state index contributed by atoms with van der Waals surface area (Å²) in [7, 11) is 3.09. The molecule has 1 amide bonds. The molecule has 3 aliphatic rings. The van der Waals surface area contributed by atoms with Gasteiger partial charge in [-0.15, -0.1) is 0 Å². The fraction of sp³-hybridized carbons (Fsp3) is 0.194. The highest BCUT2D eigenvalue weighted by atomic mass is 16.5. The minimum atomic E-state index is -1.38. The van der Waals surface area contributed by atoms with E-state index in [1.54, 1.807) is 62.8 Å². The number of fused-ring (bicyclic) bond motifs is 6. The van der Waals surface area contributed by atoms with Crippen LogP contribution in [0.4, 0.5) is 11.4 Å². The summed E-state index contributed by atoms with van der Waals surface area (Å²) in [5.74, 6) is -0.878. The standard InChI is InChI=1S/C36H30N2O5/c1-21-18-30-36(27-15-5-6-16-28(27)37-35(36)41)31(33(39)22-10-8-12-24(19-22)42-2)32(38(30)29-17-7-4-14-26(21)29)34(40)23-11-9-13-25(20-23)43-3/h4-20,30-32H,1-3H3,(H,37,41)/t30-,31+,32-,36+/m1/s1. The van der Waals surface area contributed by atoms with Crippen LogP contribution in [-0.2, 0) is 10.2 Å². The molecule has 1 spiro atoms. The zero-order chi connectivity index (χ0) is 29.9. The van der Waals surface area contributed by atoms with Crippen molar-refractivity contribution in [3.8, 4) is 11.5 Å². The highest BCUT2D eigenvalue weighted by Crippen LogP contribution is 2.58. The third-order valence-electron chi connectivity index (χ3n) is 9.14. The van der Waals surface area contributed by atoms with Gasteiger partial charge in [-0.05, 0) is 54.5 Å². The molecule has 7 rings (SSSR count). The zero-order valence-electron chi connectivity index (χ0n) is 24.0. The molecule has 214 valence electrons. The Morgan fingerprint density at radius 2 is 1.42 bits per heavy atom. The number of nitrogens with one attached hydrogen (secondary N) is 1. The SMILES string of the molecule is COc1cccc(C(=O)[C@@H]2[C@H](C(=O)c3cccc(OC)c3)N3c4ccccc4C(C)=C[C@@H]3[C@]23C(=O)Nc2ccccc23)c1. The summed E-state index contributed by atoms with van der Waals surface area (Å²) in [5.41, 5.74) is 3.50. The number of ketones is 2. The lowest BCUT2D eigenvalue weighted by Crippen LogP contribution is -2.51. The molecular weight excluding hydrogens is 540 g/mol. The smallest absolute Gasteiger partial charge is 0.238 e. The molecular formula is C36H30N2O5. The number of rotatable bonds is 6. The highest BCUT2D eigenvalue weighted by Gasteiger charge is 2.70. The molecule has 0 aliphatic carbocycles. The largest absolute Gasteiger partial charge is 0.497 e. The fourth-order valence-electron chi connectivity index (χ4n) is 7.29. The summed E-state index contributed by atoms with van der Waals surface area (Å²) in [6.45, 7) is 2.01. The van der Waals surface area contributed by atoms with E-state index in [9.17, 15) is 14.4 Å². The van der Waals surface area contributed by atoms with Gasteiger partial charge in [-0.25, -0.2) is 0 Å². The molecule has 1 fully saturated rings. The number of carbonyl (C=O) groups is 3. The number of nitrogens with zero attached hydrogens (tertiary/aromatic N) is 1. The minimum Gasteiger partial charge on any atom is -0.497 e. The molecule has 0 unspecified atom stereocenters. The maximum Gasteiger partial charge on any atom is 0.238 e. The van der Waals surface area contributed by atoms with Crippen molar-refractivity contribution in [3.63, 3.8) is 0 Å². The Balaban J connectivity index is 1.55. The number of methoxy groups -OCH3 is 2. The number of para-hydroxylation sites is 2. The summed E-state index contributed by atoms with van der Waals surface area (Å²) >= 11 is 0. The van der Waals surface area contributed by atoms with Crippen LogP contribution < -0.4 is 19.7 Å². The Bertz CT molecular complexity index is 1840. The third-order valence-corrected chi connectivity index (χ3v) is 9.14. The van der Waals surface area contributed by atoms with Crippen LogP contribution in [0.5, 0.6) is 11.5 Å². The number of anilines is 2. The molecule has 4 aromatic rings. The van der Waals surface area contributed by atoms with Gasteiger partial charge in [-0.2, -0.15) is 0 Å². The van der Waals surface area contributed by atoms with Gasteiger partial charge in [0, 0.05) is 28.1 Å². The van der Waals surface area contributed by atoms with E-state index < -0.39 is 23.4 Å². The van der Waals surface area contributed by atoms with E-state index in [0.29, 0.717) is 33.9 Å². The number of amides is 1. The average Bonchev–Trinajstić information content (AvgIpc) is 3.52. The number of Topliss-reactive ketones (excluding diaryl/α,β-unsaturated/α-hetero) is 2. The van der Waals surface area contributed by atoms with Gasteiger partial charge in [-0.1, -0.05) is 66.7 Å². The molecule has 1 saturated heterocycles. The topological polar surface area (TPSA) is 84.9 Å². The summed E-state index contributed by atoms with van der Waals surface area (Å²) in [4.78, 5) is 46.4. The van der Waals surface area contributed by atoms with E-state index in [4.69, 9.17) is 9.47 Å². The summed E-state index contributed by atoms with van der Waals surface area (Å²) in [6.07, 6.45) is 2.05. The van der Waals surface area contributed by atoms with Crippen molar-refractivity contribution >= 4 is 34.4 Å². The Morgan fingerprint density at radius 1 is 0.791 bits per heavy atom. The number of carbonyl (C=O) groups excluding carboxylic acids is 3. The van der Waals surface area contributed by atoms with Crippen LogP contribution in [0.3, 0.4) is 0 Å². The minimum absolute atomic E-state index is 0.262. The first-order valence-electron chi connectivity index (χ1n) is 14.2. The van der Waals surface area contributed by atoms with Gasteiger partial charge in [0.1, 0.15) is 23.0 Å². The van der Waals surface area contributed by atoms with Gasteiger partial charge < -0.3 is 19.7 Å². The van der Waals surface area contributed by atoms with Crippen molar-refractivity contribution in [2.75, 3.05) is 24.4 Å². The first kappa shape index (κ1) is 26.7. The van der Waals surface area contributed by atoms with Gasteiger partial charge >= 0.3 is 0 Å². The first-order chi connectivity index (χ1) is 20.9. The Hall–Kier alpha value is -5.17. The second-order valence-corrected chi connectivity index (χ2v) is 11.2. The van der Waals surface area contributed by atoms with Crippen molar-refractivity contribution in [1.29, 1.82) is 0 Å². The van der Waals surface area contributed by atoms with Crippen LogP contribution >= 0.6 is 0 Å². The molecule has 0 aromatic heterocycles. The van der Waals surface area contributed by atoms with Crippen molar-refractivity contribution < 1.29 is 23.9 Å². The molecule has 3 heterocycles. The molecule has 7 nitrogen and oxygen atoms in total. The van der Waals surface area contributed by atoms with Crippen molar-refractivity contribution in [2.45, 2.75) is 24.4 Å². The number of hydrogen-bond acceptors (Lipinski definition) is 6. The molecule has 0 radical (unpaired) electrons. The average molecular weight is 571 g/mol. The highest BCUT2D eigenvalue weighted by molar-refractivity contribution is 6.18. The summed E-state index contributed by atoms with van der Waals surface area (Å²) < 4.78 is 10.9. The van der Waals surface area contributed by atoms with Gasteiger partial charge in [-0.3, -0.25) is 14.4 Å². The van der Waals surface area contributed by atoms with Crippen LogP contribution in [0.25, 0.3) is 5.57 Å². The second-order valence-electron chi connectivity index (χ2n) is 11.2. The van der Waals surface area contributed by atoms with Crippen LogP contribution in [0.15, 0.2) is 103 Å². The second kappa shape index (κ2) is 9.98. The van der Waals surface area contributed by atoms with E-state index in [0.717, 1.165) is 16.8 Å². The maximum absolute atomic E-state index is 15.0. The van der Waals surface area contributed by atoms with Gasteiger partial charge in [0.25, 0.3) is 0 Å². The van der Waals surface area contributed by atoms with Crippen LogP contribution in [0.2, 0.25) is 0 Å². The molecule has 0 bridgehead atoms. The van der Waals surface area contributed by atoms with Crippen LogP contribution in [-0.4, -0.2) is 43.8 Å². The zero-order valence-corrected chi connectivity index (χ0v) is 24.0. The Kier molecular flexibility index (Phi) is 6.20. The van der Waals surface area contributed by atoms with E-state index in [2.05, 4.69) is 11.4 Å². The quantitative estimate of drug-likeness (QED) is 0.289. The predicted molar refractivity (Wildman–Crippen MR) is 165 cm³/mol. The fourth-order valence-corrected chi connectivity index (χ4v) is 7.29. The molecule has 43 heavy (non-hydrogen) atoms. The molecule has 4 aromatic carbocycles. The van der Waals surface area contributed by atoms with Gasteiger partial charge in [0.15, 0.2) is 11.6 Å². The van der Waals surface area contributed by atoms with Gasteiger partial charge in [0.2, 0.25) is 5.91 Å². The Labute approximate surface area is 249 Å².